The van der Waals surface area contributed by atoms with E-state index in [-0.39, 0.29) is 5.97 Å². The number of allylic oxidation sites excluding steroid dienone is 1. The molecule has 0 amide bonds. The van der Waals surface area contributed by atoms with Gasteiger partial charge < -0.3 is 19.7 Å². The van der Waals surface area contributed by atoms with E-state index >= 15 is 0 Å². The topological polar surface area (TPSA) is 50.8 Å². The van der Waals surface area contributed by atoms with Gasteiger partial charge in [-0.3, -0.25) is 0 Å². The van der Waals surface area contributed by atoms with Gasteiger partial charge in [0.1, 0.15) is 0 Å². The summed E-state index contributed by atoms with van der Waals surface area (Å²) in [5.74, 6) is -0.328. The molecule has 0 bridgehead atoms. The van der Waals surface area contributed by atoms with Crippen LogP contribution < -0.4 is 5.32 Å². The quantitative estimate of drug-likeness (QED) is 0.348. The fourth-order valence-electron chi connectivity index (χ4n) is 1.69. The number of halogens is 1. The van der Waals surface area contributed by atoms with Gasteiger partial charge in [-0.1, -0.05) is 0 Å². The standard InChI is InChI=1S/C11H19BrN2O3/c1-4-17-10(15)11(12)13-8-9(2)14(11)6-5-7-16-3/h8,13H,4-7H2,1-3H3. The van der Waals surface area contributed by atoms with Crippen molar-refractivity contribution in [3.63, 3.8) is 0 Å². The molecule has 0 aromatic carbocycles. The van der Waals surface area contributed by atoms with Crippen molar-refractivity contribution in [1.82, 2.24) is 10.2 Å². The van der Waals surface area contributed by atoms with Crippen molar-refractivity contribution in [2.45, 2.75) is 24.8 Å². The van der Waals surface area contributed by atoms with E-state index in [1.807, 2.05) is 11.8 Å². The van der Waals surface area contributed by atoms with Gasteiger partial charge in [0.2, 0.25) is 0 Å². The Morgan fingerprint density at radius 1 is 1.65 bits per heavy atom. The zero-order chi connectivity index (χ0) is 12.9. The first-order chi connectivity index (χ1) is 8.06. The van der Waals surface area contributed by atoms with Gasteiger partial charge in [-0.15, -0.1) is 0 Å². The second-order valence-corrected chi connectivity index (χ2v) is 4.92. The van der Waals surface area contributed by atoms with E-state index in [4.69, 9.17) is 9.47 Å². The Morgan fingerprint density at radius 3 is 2.94 bits per heavy atom. The van der Waals surface area contributed by atoms with E-state index in [0.29, 0.717) is 19.8 Å². The molecule has 0 saturated carbocycles. The van der Waals surface area contributed by atoms with Crippen LogP contribution in [0.1, 0.15) is 20.3 Å². The maximum absolute atomic E-state index is 11.9. The van der Waals surface area contributed by atoms with Crippen LogP contribution in [-0.2, 0) is 14.3 Å². The molecule has 1 N–H and O–H groups in total. The van der Waals surface area contributed by atoms with Crippen LogP contribution in [0.2, 0.25) is 0 Å². The summed E-state index contributed by atoms with van der Waals surface area (Å²) in [5.41, 5.74) is 0.992. The lowest BCUT2D eigenvalue weighted by Gasteiger charge is -2.33. The Morgan fingerprint density at radius 2 is 2.35 bits per heavy atom. The molecule has 98 valence electrons. The molecule has 17 heavy (non-hydrogen) atoms. The van der Waals surface area contributed by atoms with Gasteiger partial charge in [0.25, 0.3) is 4.57 Å². The van der Waals surface area contributed by atoms with Crippen molar-refractivity contribution in [1.29, 1.82) is 0 Å². The molecule has 0 aromatic rings. The van der Waals surface area contributed by atoms with Gasteiger partial charge in [-0.25, -0.2) is 4.79 Å². The van der Waals surface area contributed by atoms with Crippen LogP contribution in [0.25, 0.3) is 0 Å². The summed E-state index contributed by atoms with van der Waals surface area (Å²) < 4.78 is 9.10. The number of nitrogens with zero attached hydrogens (tertiary/aromatic N) is 1. The van der Waals surface area contributed by atoms with Crippen LogP contribution in [0.5, 0.6) is 0 Å². The van der Waals surface area contributed by atoms with Gasteiger partial charge in [0.15, 0.2) is 0 Å². The molecule has 0 radical (unpaired) electrons. The summed E-state index contributed by atoms with van der Waals surface area (Å²) >= 11 is 3.42. The molecule has 1 heterocycles. The zero-order valence-electron chi connectivity index (χ0n) is 10.5. The first-order valence-corrected chi connectivity index (χ1v) is 6.42. The molecule has 5 nitrogen and oxygen atoms in total. The monoisotopic (exact) mass is 306 g/mol. The van der Waals surface area contributed by atoms with Crippen molar-refractivity contribution in [3.8, 4) is 0 Å². The first kappa shape index (κ1) is 14.3. The first-order valence-electron chi connectivity index (χ1n) is 5.63. The molecular formula is C11H19BrN2O3. The van der Waals surface area contributed by atoms with E-state index in [0.717, 1.165) is 12.1 Å². The van der Waals surface area contributed by atoms with E-state index in [2.05, 4.69) is 21.2 Å². The average Bonchev–Trinajstić information content (AvgIpc) is 2.59. The average molecular weight is 307 g/mol. The van der Waals surface area contributed by atoms with Gasteiger partial charge in [0, 0.05) is 32.2 Å². The molecule has 1 unspecified atom stereocenters. The highest BCUT2D eigenvalue weighted by Gasteiger charge is 2.46. The van der Waals surface area contributed by atoms with Crippen LogP contribution >= 0.6 is 15.9 Å². The summed E-state index contributed by atoms with van der Waals surface area (Å²) in [6.45, 7) is 5.47. The summed E-state index contributed by atoms with van der Waals surface area (Å²) in [7, 11) is 1.66. The van der Waals surface area contributed by atoms with Crippen molar-refractivity contribution < 1.29 is 14.3 Å². The predicted molar refractivity (Wildman–Crippen MR) is 68.4 cm³/mol. The number of nitrogens with one attached hydrogen (secondary N) is 1. The lowest BCUT2D eigenvalue weighted by atomic mass is 10.3. The molecule has 0 saturated heterocycles. The minimum Gasteiger partial charge on any atom is -0.462 e. The third-order valence-electron chi connectivity index (χ3n) is 2.55. The lowest BCUT2D eigenvalue weighted by molar-refractivity contribution is -0.150. The Kier molecular flexibility index (Phi) is 5.27. The predicted octanol–water partition coefficient (Wildman–Crippen LogP) is 1.40. The number of hydrogen-bond acceptors (Lipinski definition) is 5. The smallest absolute Gasteiger partial charge is 0.364 e. The van der Waals surface area contributed by atoms with Crippen LogP contribution in [0.15, 0.2) is 11.9 Å². The molecular weight excluding hydrogens is 288 g/mol. The highest BCUT2D eigenvalue weighted by molar-refractivity contribution is 9.10. The number of alkyl halides is 1. The fourth-order valence-corrected chi connectivity index (χ4v) is 2.38. The molecule has 0 aliphatic carbocycles. The summed E-state index contributed by atoms with van der Waals surface area (Å²) in [6, 6.07) is 0. The number of esters is 1. The normalized spacial score (nSPS) is 23.3. The fraction of sp³-hybridized carbons (Fsp3) is 0.727. The lowest BCUT2D eigenvalue weighted by Crippen LogP contribution is -2.54. The Bertz CT molecular complexity index is 309. The Hall–Kier alpha value is -0.750. The third kappa shape index (κ3) is 3.13. The summed E-state index contributed by atoms with van der Waals surface area (Å²) in [4.78, 5) is 13.9. The zero-order valence-corrected chi connectivity index (χ0v) is 12.0. The van der Waals surface area contributed by atoms with Gasteiger partial charge >= 0.3 is 5.97 Å². The summed E-state index contributed by atoms with van der Waals surface area (Å²) in [6.07, 6.45) is 2.65. The van der Waals surface area contributed by atoms with Crippen molar-refractivity contribution in [2.75, 3.05) is 26.9 Å². The maximum Gasteiger partial charge on any atom is 0.364 e. The van der Waals surface area contributed by atoms with Crippen molar-refractivity contribution in [2.24, 2.45) is 0 Å². The van der Waals surface area contributed by atoms with Crippen LogP contribution in [0.3, 0.4) is 0 Å². The largest absolute Gasteiger partial charge is 0.462 e. The molecule has 6 heteroatoms. The minimum atomic E-state index is -0.971. The molecule has 1 atom stereocenters. The molecule has 0 fully saturated rings. The van der Waals surface area contributed by atoms with E-state index < -0.39 is 4.57 Å². The molecule has 1 aliphatic rings. The van der Waals surface area contributed by atoms with Gasteiger partial charge in [-0.2, -0.15) is 0 Å². The molecule has 1 rings (SSSR count). The SMILES string of the molecule is CCOC(=O)C1(Br)NC=C(C)N1CCCOC. The second kappa shape index (κ2) is 6.26. The third-order valence-corrected chi connectivity index (χ3v) is 3.53. The van der Waals surface area contributed by atoms with Crippen molar-refractivity contribution >= 4 is 21.9 Å². The highest BCUT2D eigenvalue weighted by atomic mass is 79.9. The van der Waals surface area contributed by atoms with Crippen LogP contribution in [0.4, 0.5) is 0 Å². The van der Waals surface area contributed by atoms with E-state index in [1.54, 1.807) is 20.2 Å². The molecule has 1 aliphatic heterocycles. The second-order valence-electron chi connectivity index (χ2n) is 3.77. The number of methoxy groups -OCH3 is 1. The van der Waals surface area contributed by atoms with E-state index in [9.17, 15) is 4.79 Å². The highest BCUT2D eigenvalue weighted by Crippen LogP contribution is 2.31. The molecule has 0 spiro atoms. The van der Waals surface area contributed by atoms with Crippen LogP contribution in [-0.4, -0.2) is 42.3 Å². The van der Waals surface area contributed by atoms with Gasteiger partial charge in [-0.05, 0) is 36.2 Å². The number of hydrogen-bond donors (Lipinski definition) is 1. The summed E-state index contributed by atoms with van der Waals surface area (Å²) in [5, 5.41) is 3.01. The van der Waals surface area contributed by atoms with Crippen LogP contribution in [0, 0.1) is 0 Å². The number of rotatable bonds is 6. The Labute approximate surface area is 110 Å². The molecule has 0 aromatic heterocycles. The van der Waals surface area contributed by atoms with Gasteiger partial charge in [0.05, 0.1) is 6.61 Å². The minimum absolute atomic E-state index is 0.328. The maximum atomic E-state index is 11.9. The Balaban J connectivity index is 2.67. The number of carbonyl (C=O) groups is 1. The number of carbonyl (C=O) groups excluding carboxylic acids is 1. The van der Waals surface area contributed by atoms with Crippen molar-refractivity contribution in [3.05, 3.63) is 11.9 Å². The van der Waals surface area contributed by atoms with E-state index in [1.165, 1.54) is 0 Å². The number of ether oxygens (including phenoxy) is 2.